The lowest BCUT2D eigenvalue weighted by molar-refractivity contribution is 0.454. The molecule has 0 saturated heterocycles. The Morgan fingerprint density at radius 3 is 2.06 bits per heavy atom. The zero-order valence-corrected chi connectivity index (χ0v) is 9.73. The third kappa shape index (κ3) is 1.91. The van der Waals surface area contributed by atoms with Gasteiger partial charge in [0, 0.05) is 11.1 Å². The van der Waals surface area contributed by atoms with Gasteiger partial charge in [-0.2, -0.15) is 0 Å². The summed E-state index contributed by atoms with van der Waals surface area (Å²) in [6.45, 7) is 3.49. The molecule has 3 N–H and O–H groups in total. The fraction of sp³-hybridized carbons (Fsp3) is 0.143. The van der Waals surface area contributed by atoms with Crippen LogP contribution in [0.5, 0.6) is 17.2 Å². The van der Waals surface area contributed by atoms with Crippen molar-refractivity contribution in [3.8, 4) is 28.4 Å². The standard InChI is InChI=1S/C14H14O3/c1-8-7-12(16)13(9(2)14(8)17)10-3-5-11(15)6-4-10/h3-7,15-17H,1-2H3. The number of aromatic hydroxyl groups is 3. The molecule has 0 aliphatic carbocycles. The van der Waals surface area contributed by atoms with E-state index in [4.69, 9.17) is 0 Å². The zero-order valence-electron chi connectivity index (χ0n) is 9.73. The largest absolute Gasteiger partial charge is 0.508 e. The number of benzene rings is 2. The molecule has 0 amide bonds. The molecule has 0 atom stereocenters. The number of hydrogen-bond acceptors (Lipinski definition) is 3. The predicted molar refractivity (Wildman–Crippen MR) is 66.3 cm³/mol. The van der Waals surface area contributed by atoms with E-state index >= 15 is 0 Å². The van der Waals surface area contributed by atoms with E-state index in [0.717, 1.165) is 5.56 Å². The second-order valence-corrected chi connectivity index (χ2v) is 4.11. The van der Waals surface area contributed by atoms with Crippen LogP contribution in [0.15, 0.2) is 30.3 Å². The van der Waals surface area contributed by atoms with Gasteiger partial charge in [0.15, 0.2) is 0 Å². The van der Waals surface area contributed by atoms with Crippen molar-refractivity contribution in [3.05, 3.63) is 41.5 Å². The highest BCUT2D eigenvalue weighted by Gasteiger charge is 2.13. The van der Waals surface area contributed by atoms with Gasteiger partial charge in [0.25, 0.3) is 0 Å². The van der Waals surface area contributed by atoms with Gasteiger partial charge in [0.05, 0.1) is 0 Å². The first-order valence-electron chi connectivity index (χ1n) is 5.32. The van der Waals surface area contributed by atoms with Gasteiger partial charge in [0.2, 0.25) is 0 Å². The Hall–Kier alpha value is -2.16. The second kappa shape index (κ2) is 4.01. The van der Waals surface area contributed by atoms with E-state index in [1.54, 1.807) is 38.1 Å². The summed E-state index contributed by atoms with van der Waals surface area (Å²) in [5.41, 5.74) is 2.62. The van der Waals surface area contributed by atoms with Gasteiger partial charge >= 0.3 is 0 Å². The third-order valence-electron chi connectivity index (χ3n) is 2.87. The van der Waals surface area contributed by atoms with Gasteiger partial charge in [-0.25, -0.2) is 0 Å². The molecule has 3 nitrogen and oxygen atoms in total. The maximum atomic E-state index is 9.95. The summed E-state index contributed by atoms with van der Waals surface area (Å²) < 4.78 is 0. The lowest BCUT2D eigenvalue weighted by Crippen LogP contribution is -1.88. The Morgan fingerprint density at radius 2 is 1.47 bits per heavy atom. The van der Waals surface area contributed by atoms with Gasteiger partial charge in [-0.05, 0) is 43.2 Å². The van der Waals surface area contributed by atoms with Crippen LogP contribution in [-0.2, 0) is 0 Å². The average molecular weight is 230 g/mol. The van der Waals surface area contributed by atoms with Gasteiger partial charge in [-0.1, -0.05) is 12.1 Å². The van der Waals surface area contributed by atoms with Crippen LogP contribution >= 0.6 is 0 Å². The predicted octanol–water partition coefficient (Wildman–Crippen LogP) is 3.09. The Morgan fingerprint density at radius 1 is 0.882 bits per heavy atom. The van der Waals surface area contributed by atoms with E-state index in [2.05, 4.69) is 0 Å². The summed E-state index contributed by atoms with van der Waals surface area (Å²) in [7, 11) is 0. The fourth-order valence-electron chi connectivity index (χ4n) is 1.94. The highest BCUT2D eigenvalue weighted by molar-refractivity contribution is 5.77. The van der Waals surface area contributed by atoms with Crippen LogP contribution in [0.4, 0.5) is 0 Å². The highest BCUT2D eigenvalue weighted by atomic mass is 16.3. The van der Waals surface area contributed by atoms with E-state index in [1.807, 2.05) is 0 Å². The molecule has 0 saturated carbocycles. The molecule has 2 aromatic carbocycles. The minimum atomic E-state index is 0.128. The maximum absolute atomic E-state index is 9.95. The van der Waals surface area contributed by atoms with E-state index in [-0.39, 0.29) is 17.2 Å². The quantitative estimate of drug-likeness (QED) is 0.660. The molecule has 3 heteroatoms. The van der Waals surface area contributed by atoms with Crippen LogP contribution in [-0.4, -0.2) is 15.3 Å². The number of phenols is 3. The Bertz CT molecular complexity index is 557. The molecule has 17 heavy (non-hydrogen) atoms. The molecule has 88 valence electrons. The SMILES string of the molecule is Cc1cc(O)c(-c2ccc(O)cc2)c(C)c1O. The van der Waals surface area contributed by atoms with Gasteiger partial charge in [-0.15, -0.1) is 0 Å². The van der Waals surface area contributed by atoms with Crippen LogP contribution in [0, 0.1) is 13.8 Å². The van der Waals surface area contributed by atoms with E-state index < -0.39 is 0 Å². The molecular weight excluding hydrogens is 216 g/mol. The Balaban J connectivity index is 2.67. The molecule has 2 rings (SSSR count). The van der Waals surface area contributed by atoms with Crippen molar-refractivity contribution in [2.45, 2.75) is 13.8 Å². The highest BCUT2D eigenvalue weighted by Crippen LogP contribution is 2.39. The van der Waals surface area contributed by atoms with Gasteiger partial charge in [0.1, 0.15) is 17.2 Å². The molecule has 2 aromatic rings. The third-order valence-corrected chi connectivity index (χ3v) is 2.87. The fourth-order valence-corrected chi connectivity index (χ4v) is 1.94. The molecule has 0 aliphatic heterocycles. The van der Waals surface area contributed by atoms with Gasteiger partial charge < -0.3 is 15.3 Å². The Labute approximate surface area is 99.6 Å². The normalized spacial score (nSPS) is 10.5. The van der Waals surface area contributed by atoms with E-state index in [9.17, 15) is 15.3 Å². The molecular formula is C14H14O3. The van der Waals surface area contributed by atoms with Crippen LogP contribution < -0.4 is 0 Å². The minimum Gasteiger partial charge on any atom is -0.508 e. The summed E-state index contributed by atoms with van der Waals surface area (Å²) in [6, 6.07) is 8.03. The smallest absolute Gasteiger partial charge is 0.124 e. The molecule has 0 aromatic heterocycles. The molecule has 0 unspecified atom stereocenters. The molecule has 0 aliphatic rings. The van der Waals surface area contributed by atoms with Crippen molar-refractivity contribution in [2.75, 3.05) is 0 Å². The van der Waals surface area contributed by atoms with E-state index in [1.165, 1.54) is 6.07 Å². The van der Waals surface area contributed by atoms with Crippen LogP contribution in [0.2, 0.25) is 0 Å². The number of phenolic OH excluding ortho intramolecular Hbond substituents is 3. The number of rotatable bonds is 1. The molecule has 0 radical (unpaired) electrons. The minimum absolute atomic E-state index is 0.128. The van der Waals surface area contributed by atoms with Crippen molar-refractivity contribution in [3.63, 3.8) is 0 Å². The topological polar surface area (TPSA) is 60.7 Å². The second-order valence-electron chi connectivity index (χ2n) is 4.11. The average Bonchev–Trinajstić information content (AvgIpc) is 2.29. The van der Waals surface area contributed by atoms with Crippen molar-refractivity contribution in [1.82, 2.24) is 0 Å². The lowest BCUT2D eigenvalue weighted by Gasteiger charge is -2.12. The first-order valence-corrected chi connectivity index (χ1v) is 5.32. The summed E-state index contributed by atoms with van der Waals surface area (Å²) >= 11 is 0. The molecule has 0 spiro atoms. The van der Waals surface area contributed by atoms with Crippen LogP contribution in [0.3, 0.4) is 0 Å². The maximum Gasteiger partial charge on any atom is 0.124 e. The van der Waals surface area contributed by atoms with Crippen LogP contribution in [0.1, 0.15) is 11.1 Å². The summed E-state index contributed by atoms with van der Waals surface area (Å²) in [5.74, 6) is 0.483. The van der Waals surface area contributed by atoms with Gasteiger partial charge in [-0.3, -0.25) is 0 Å². The molecule has 0 fully saturated rings. The Kier molecular flexibility index (Phi) is 2.68. The summed E-state index contributed by atoms with van der Waals surface area (Å²) in [5, 5.41) is 29.0. The van der Waals surface area contributed by atoms with Crippen LogP contribution in [0.25, 0.3) is 11.1 Å². The van der Waals surface area contributed by atoms with Crippen molar-refractivity contribution < 1.29 is 15.3 Å². The zero-order chi connectivity index (χ0) is 12.6. The molecule has 0 bridgehead atoms. The first kappa shape index (κ1) is 11.3. The van der Waals surface area contributed by atoms with Crippen molar-refractivity contribution >= 4 is 0 Å². The van der Waals surface area contributed by atoms with Crippen molar-refractivity contribution in [1.29, 1.82) is 0 Å². The number of aryl methyl sites for hydroxylation is 1. The van der Waals surface area contributed by atoms with E-state index in [0.29, 0.717) is 16.7 Å². The molecule has 0 heterocycles. The van der Waals surface area contributed by atoms with Crippen molar-refractivity contribution in [2.24, 2.45) is 0 Å². The first-order chi connectivity index (χ1) is 8.00. The summed E-state index contributed by atoms with van der Waals surface area (Å²) in [4.78, 5) is 0. The summed E-state index contributed by atoms with van der Waals surface area (Å²) in [6.07, 6.45) is 0. The number of hydrogen-bond donors (Lipinski definition) is 3. The lowest BCUT2D eigenvalue weighted by atomic mass is 9.96. The monoisotopic (exact) mass is 230 g/mol.